The number of carbonyl (C=O) groups is 2. The minimum absolute atomic E-state index is 0.0314. The molecule has 0 unspecified atom stereocenters. The van der Waals surface area contributed by atoms with E-state index >= 15 is 4.39 Å². The molecule has 0 saturated carbocycles. The van der Waals surface area contributed by atoms with Crippen LogP contribution in [-0.4, -0.2) is 68.6 Å². The van der Waals surface area contributed by atoms with Crippen molar-refractivity contribution in [2.45, 2.75) is 30.3 Å². The number of nitro benzene ring substituents is 1. The first-order valence-electron chi connectivity index (χ1n) is 11.2. The fourth-order valence-electron chi connectivity index (χ4n) is 3.68. The normalized spacial score (nSPS) is 15.2. The topological polar surface area (TPSA) is 148 Å². The highest BCUT2D eigenvalue weighted by atomic mass is 32.2. The molecule has 2 N–H and O–H groups in total. The average Bonchev–Trinajstić information content (AvgIpc) is 2.86. The Morgan fingerprint density at radius 1 is 1.17 bits per heavy atom. The van der Waals surface area contributed by atoms with Crippen LogP contribution in [0.15, 0.2) is 53.4 Å². The van der Waals surface area contributed by atoms with E-state index in [9.17, 15) is 28.1 Å². The Morgan fingerprint density at radius 3 is 2.44 bits per heavy atom. The van der Waals surface area contributed by atoms with Crippen molar-refractivity contribution in [3.05, 3.63) is 64.2 Å². The van der Waals surface area contributed by atoms with Gasteiger partial charge in [0, 0.05) is 50.7 Å². The number of ether oxygens (including phenoxy) is 1. The van der Waals surface area contributed by atoms with E-state index in [1.165, 1.54) is 17.0 Å². The average molecular weight is 523 g/mol. The summed E-state index contributed by atoms with van der Waals surface area (Å²) < 4.78 is 47.5. The number of benzene rings is 2. The van der Waals surface area contributed by atoms with Gasteiger partial charge in [-0.15, -0.1) is 0 Å². The van der Waals surface area contributed by atoms with Gasteiger partial charge in [-0.3, -0.25) is 19.7 Å². The Labute approximate surface area is 207 Å². The van der Waals surface area contributed by atoms with Crippen molar-refractivity contribution in [1.29, 1.82) is 0 Å². The third kappa shape index (κ3) is 6.76. The van der Waals surface area contributed by atoms with Gasteiger partial charge in [-0.2, -0.15) is 0 Å². The van der Waals surface area contributed by atoms with E-state index in [1.807, 2.05) is 4.72 Å². The summed E-state index contributed by atoms with van der Waals surface area (Å²) in [6.07, 6.45) is 0.0628. The standard InChI is InChI=1S/C23H27FN4O7S/c1-2-35-15-21(29)27-12-10-23(24,11-13-27)16-25-19-9-8-18(14-20(19)28(31)32)36(33,34)26-22(30)17-6-4-3-5-7-17/h3-9,14,25H,2,10-13,15-16H2,1H3,(H,26,30). The molecule has 1 aliphatic heterocycles. The number of halogens is 1. The van der Waals surface area contributed by atoms with Crippen LogP contribution in [0.1, 0.15) is 30.1 Å². The predicted molar refractivity (Wildman–Crippen MR) is 129 cm³/mol. The number of sulfonamides is 1. The molecule has 1 aliphatic rings. The number of amides is 2. The van der Waals surface area contributed by atoms with Crippen LogP contribution >= 0.6 is 0 Å². The van der Waals surface area contributed by atoms with Crippen molar-refractivity contribution in [1.82, 2.24) is 9.62 Å². The Kier molecular flexibility index (Phi) is 8.58. The molecule has 0 bridgehead atoms. The molecule has 0 atom stereocenters. The first-order valence-corrected chi connectivity index (χ1v) is 12.7. The molecule has 194 valence electrons. The summed E-state index contributed by atoms with van der Waals surface area (Å²) in [5.41, 5.74) is -2.27. The Hall–Kier alpha value is -3.58. The molecule has 2 aromatic rings. The van der Waals surface area contributed by atoms with Gasteiger partial charge in [0.05, 0.1) is 9.82 Å². The van der Waals surface area contributed by atoms with E-state index in [1.54, 1.807) is 25.1 Å². The largest absolute Gasteiger partial charge is 0.376 e. The van der Waals surface area contributed by atoms with Crippen LogP contribution < -0.4 is 10.0 Å². The van der Waals surface area contributed by atoms with Gasteiger partial charge < -0.3 is 15.0 Å². The highest BCUT2D eigenvalue weighted by Crippen LogP contribution is 2.31. The summed E-state index contributed by atoms with van der Waals surface area (Å²) >= 11 is 0. The predicted octanol–water partition coefficient (Wildman–Crippen LogP) is 2.49. The van der Waals surface area contributed by atoms with E-state index in [2.05, 4.69) is 5.32 Å². The molecular weight excluding hydrogens is 495 g/mol. The number of nitrogens with zero attached hydrogens (tertiary/aromatic N) is 2. The second-order valence-corrected chi connectivity index (χ2v) is 9.94. The van der Waals surface area contributed by atoms with Crippen molar-refractivity contribution in [3.8, 4) is 0 Å². The summed E-state index contributed by atoms with van der Waals surface area (Å²) in [5, 5.41) is 14.3. The molecule has 0 aliphatic carbocycles. The van der Waals surface area contributed by atoms with Gasteiger partial charge in [0.2, 0.25) is 5.91 Å². The van der Waals surface area contributed by atoms with Crippen LogP contribution in [0, 0.1) is 10.1 Å². The fourth-order valence-corrected chi connectivity index (χ4v) is 4.67. The quantitative estimate of drug-likeness (QED) is 0.357. The van der Waals surface area contributed by atoms with E-state index < -0.39 is 37.1 Å². The molecule has 2 amide bonds. The molecule has 13 heteroatoms. The highest BCUT2D eigenvalue weighted by molar-refractivity contribution is 7.90. The molecule has 0 radical (unpaired) electrons. The van der Waals surface area contributed by atoms with Gasteiger partial charge in [-0.25, -0.2) is 17.5 Å². The monoisotopic (exact) mass is 522 g/mol. The van der Waals surface area contributed by atoms with E-state index in [-0.39, 0.29) is 56.2 Å². The Morgan fingerprint density at radius 2 is 1.83 bits per heavy atom. The number of nitrogens with one attached hydrogen (secondary N) is 2. The molecule has 3 rings (SSSR count). The lowest BCUT2D eigenvalue weighted by molar-refractivity contribution is -0.384. The maximum Gasteiger partial charge on any atom is 0.293 e. The third-order valence-electron chi connectivity index (χ3n) is 5.78. The van der Waals surface area contributed by atoms with Crippen LogP contribution in [0.5, 0.6) is 0 Å². The zero-order valence-electron chi connectivity index (χ0n) is 19.6. The molecular formula is C23H27FN4O7S. The summed E-state index contributed by atoms with van der Waals surface area (Å²) in [7, 11) is -4.40. The number of rotatable bonds is 10. The van der Waals surface area contributed by atoms with Gasteiger partial charge >= 0.3 is 0 Å². The number of carbonyl (C=O) groups excluding carboxylic acids is 2. The minimum Gasteiger partial charge on any atom is -0.376 e. The lowest BCUT2D eigenvalue weighted by Crippen LogP contribution is -2.48. The second kappa shape index (κ2) is 11.4. The van der Waals surface area contributed by atoms with Crippen LogP contribution in [0.3, 0.4) is 0 Å². The number of anilines is 1. The number of piperidine rings is 1. The number of likely N-dealkylation sites (tertiary alicyclic amines) is 1. The van der Waals surface area contributed by atoms with Crippen molar-refractivity contribution in [2.24, 2.45) is 0 Å². The van der Waals surface area contributed by atoms with Gasteiger partial charge in [0.1, 0.15) is 18.0 Å². The molecule has 0 aromatic heterocycles. The van der Waals surface area contributed by atoms with Gasteiger partial charge in [0.15, 0.2) is 0 Å². The molecule has 36 heavy (non-hydrogen) atoms. The van der Waals surface area contributed by atoms with Crippen LogP contribution in [-0.2, 0) is 19.6 Å². The first-order chi connectivity index (χ1) is 17.0. The van der Waals surface area contributed by atoms with Gasteiger partial charge in [-0.05, 0) is 31.2 Å². The summed E-state index contributed by atoms with van der Waals surface area (Å²) in [5.74, 6) is -1.11. The fraction of sp³-hybridized carbons (Fsp3) is 0.391. The number of nitro groups is 1. The first kappa shape index (κ1) is 27.0. The molecule has 1 saturated heterocycles. The molecule has 1 fully saturated rings. The number of hydrogen-bond acceptors (Lipinski definition) is 8. The third-order valence-corrected chi connectivity index (χ3v) is 7.11. The van der Waals surface area contributed by atoms with Crippen LogP contribution in [0.25, 0.3) is 0 Å². The van der Waals surface area contributed by atoms with Crippen molar-refractivity contribution in [2.75, 3.05) is 38.2 Å². The minimum atomic E-state index is -4.40. The van der Waals surface area contributed by atoms with E-state index in [0.29, 0.717) is 6.61 Å². The highest BCUT2D eigenvalue weighted by Gasteiger charge is 2.36. The van der Waals surface area contributed by atoms with Crippen molar-refractivity contribution in [3.63, 3.8) is 0 Å². The zero-order chi connectivity index (χ0) is 26.3. The smallest absolute Gasteiger partial charge is 0.293 e. The van der Waals surface area contributed by atoms with Crippen LogP contribution in [0.2, 0.25) is 0 Å². The summed E-state index contributed by atoms with van der Waals surface area (Å²) in [6, 6.07) is 10.7. The second-order valence-electron chi connectivity index (χ2n) is 8.26. The maximum absolute atomic E-state index is 15.3. The molecule has 1 heterocycles. The number of alkyl halides is 1. The Balaban J connectivity index is 1.67. The molecule has 0 spiro atoms. The lowest BCUT2D eigenvalue weighted by Gasteiger charge is -2.36. The lowest BCUT2D eigenvalue weighted by atomic mass is 9.93. The maximum atomic E-state index is 15.3. The van der Waals surface area contributed by atoms with Gasteiger partial charge in [0.25, 0.3) is 21.6 Å². The summed E-state index contributed by atoms with van der Waals surface area (Å²) in [4.78, 5) is 36.1. The van der Waals surface area contributed by atoms with E-state index in [0.717, 1.165) is 18.2 Å². The SMILES string of the molecule is CCOCC(=O)N1CCC(F)(CNc2ccc(S(=O)(=O)NC(=O)c3ccccc3)cc2[N+](=O)[O-])CC1. The molecule has 11 nitrogen and oxygen atoms in total. The summed E-state index contributed by atoms with van der Waals surface area (Å²) in [6.45, 7) is 2.20. The number of hydrogen-bond donors (Lipinski definition) is 2. The van der Waals surface area contributed by atoms with Crippen LogP contribution in [0.4, 0.5) is 15.8 Å². The van der Waals surface area contributed by atoms with E-state index in [4.69, 9.17) is 4.74 Å². The van der Waals surface area contributed by atoms with Gasteiger partial charge in [-0.1, -0.05) is 18.2 Å². The van der Waals surface area contributed by atoms with Crippen molar-refractivity contribution >= 4 is 33.2 Å². The zero-order valence-corrected chi connectivity index (χ0v) is 20.4. The van der Waals surface area contributed by atoms with Crippen molar-refractivity contribution < 1.29 is 32.1 Å². The Bertz CT molecular complexity index is 1220. The molecule has 2 aromatic carbocycles.